The number of carbonyl (C=O) groups excluding carboxylic acids is 1. The van der Waals surface area contributed by atoms with Crippen molar-refractivity contribution in [2.75, 3.05) is 0 Å². The lowest BCUT2D eigenvalue weighted by Crippen LogP contribution is -2.24. The van der Waals surface area contributed by atoms with Gasteiger partial charge in [-0.05, 0) is 39.7 Å². The molecule has 6 nitrogen and oxygen atoms in total. The Kier molecular flexibility index (Phi) is 4.57. The zero-order valence-electron chi connectivity index (χ0n) is 12.6. The van der Waals surface area contributed by atoms with Gasteiger partial charge in [-0.2, -0.15) is 10.2 Å². The van der Waals surface area contributed by atoms with E-state index >= 15 is 0 Å². The van der Waals surface area contributed by atoms with Crippen molar-refractivity contribution in [3.8, 4) is 0 Å². The van der Waals surface area contributed by atoms with E-state index in [-0.39, 0.29) is 5.91 Å². The van der Waals surface area contributed by atoms with Gasteiger partial charge in [0.25, 0.3) is 5.91 Å². The van der Waals surface area contributed by atoms with E-state index in [0.717, 1.165) is 15.7 Å². The van der Waals surface area contributed by atoms with Crippen molar-refractivity contribution < 1.29 is 4.79 Å². The maximum absolute atomic E-state index is 12.3. The van der Waals surface area contributed by atoms with E-state index in [4.69, 9.17) is 0 Å². The Hall–Kier alpha value is -2.41. The van der Waals surface area contributed by atoms with E-state index in [9.17, 15) is 4.79 Å². The summed E-state index contributed by atoms with van der Waals surface area (Å²) in [6.07, 6.45) is 5.35. The molecular weight excluding hydrogens is 358 g/mol. The molecule has 118 valence electrons. The lowest BCUT2D eigenvalue weighted by atomic mass is 10.1. The van der Waals surface area contributed by atoms with Crippen molar-refractivity contribution in [3.63, 3.8) is 0 Å². The van der Waals surface area contributed by atoms with E-state index in [0.29, 0.717) is 18.7 Å². The van der Waals surface area contributed by atoms with Crippen molar-refractivity contribution in [1.82, 2.24) is 24.9 Å². The van der Waals surface area contributed by atoms with Gasteiger partial charge in [0.15, 0.2) is 0 Å². The van der Waals surface area contributed by atoms with Crippen molar-refractivity contribution in [2.24, 2.45) is 7.05 Å². The first kappa shape index (κ1) is 15.5. The van der Waals surface area contributed by atoms with Gasteiger partial charge in [0, 0.05) is 25.0 Å². The van der Waals surface area contributed by atoms with E-state index in [1.807, 2.05) is 42.2 Å². The molecule has 1 amide bonds. The minimum absolute atomic E-state index is 0.111. The molecule has 0 unspecified atom stereocenters. The minimum atomic E-state index is -0.111. The highest BCUT2D eigenvalue weighted by Crippen LogP contribution is 2.15. The molecule has 2 aromatic heterocycles. The topological polar surface area (TPSA) is 64.7 Å². The highest BCUT2D eigenvalue weighted by Gasteiger charge is 2.10. The number of aromatic nitrogens is 4. The van der Waals surface area contributed by atoms with Gasteiger partial charge in [-0.15, -0.1) is 0 Å². The number of aryl methyl sites for hydroxylation is 1. The number of benzene rings is 1. The molecule has 0 bridgehead atoms. The Morgan fingerprint density at radius 3 is 2.87 bits per heavy atom. The van der Waals surface area contributed by atoms with Crippen LogP contribution in [0, 0.1) is 0 Å². The number of hydrogen-bond acceptors (Lipinski definition) is 3. The summed E-state index contributed by atoms with van der Waals surface area (Å²) in [5.41, 5.74) is 2.59. The Balaban J connectivity index is 1.67. The summed E-state index contributed by atoms with van der Waals surface area (Å²) < 4.78 is 4.44. The molecule has 3 rings (SSSR count). The number of rotatable bonds is 5. The van der Waals surface area contributed by atoms with Crippen LogP contribution in [0.3, 0.4) is 0 Å². The van der Waals surface area contributed by atoms with Gasteiger partial charge < -0.3 is 5.32 Å². The quantitative estimate of drug-likeness (QED) is 0.746. The fourth-order valence-electron chi connectivity index (χ4n) is 2.29. The summed E-state index contributed by atoms with van der Waals surface area (Å²) >= 11 is 3.42. The third-order valence-electron chi connectivity index (χ3n) is 3.52. The van der Waals surface area contributed by atoms with Crippen LogP contribution in [0.25, 0.3) is 0 Å². The standard InChI is InChI=1S/C16H16BrN5O/c1-21-15(14(17)9-20-21)10-18-16(23)13-5-2-4-12(8-13)11-22-7-3-6-19-22/h2-9H,10-11H2,1H3,(H,18,23). The van der Waals surface area contributed by atoms with Crippen molar-refractivity contribution >= 4 is 21.8 Å². The summed E-state index contributed by atoms with van der Waals surface area (Å²) in [5, 5.41) is 11.2. The van der Waals surface area contributed by atoms with E-state index in [1.165, 1.54) is 0 Å². The second kappa shape index (κ2) is 6.78. The van der Waals surface area contributed by atoms with Crippen LogP contribution in [-0.2, 0) is 20.1 Å². The molecule has 0 aliphatic rings. The Bertz CT molecular complexity index is 790. The molecule has 0 radical (unpaired) electrons. The first-order valence-electron chi connectivity index (χ1n) is 7.14. The largest absolute Gasteiger partial charge is 0.346 e. The fourth-order valence-corrected chi connectivity index (χ4v) is 2.78. The Labute approximate surface area is 142 Å². The zero-order valence-corrected chi connectivity index (χ0v) is 14.2. The second-order valence-electron chi connectivity index (χ2n) is 5.15. The molecule has 0 aliphatic heterocycles. The average molecular weight is 374 g/mol. The normalized spacial score (nSPS) is 10.7. The number of nitrogens with one attached hydrogen (secondary N) is 1. The number of amides is 1. The highest BCUT2D eigenvalue weighted by atomic mass is 79.9. The van der Waals surface area contributed by atoms with Gasteiger partial charge in [-0.1, -0.05) is 12.1 Å². The molecule has 0 fully saturated rings. The van der Waals surface area contributed by atoms with Crippen molar-refractivity contribution in [2.45, 2.75) is 13.1 Å². The summed E-state index contributed by atoms with van der Waals surface area (Å²) in [4.78, 5) is 12.3. The maximum Gasteiger partial charge on any atom is 0.251 e. The minimum Gasteiger partial charge on any atom is -0.346 e. The van der Waals surface area contributed by atoms with Crippen LogP contribution in [0.2, 0.25) is 0 Å². The third-order valence-corrected chi connectivity index (χ3v) is 4.18. The summed E-state index contributed by atoms with van der Waals surface area (Å²) in [5.74, 6) is -0.111. The molecule has 0 aliphatic carbocycles. The molecule has 0 saturated heterocycles. The molecule has 7 heteroatoms. The van der Waals surface area contributed by atoms with Crippen LogP contribution in [0.4, 0.5) is 0 Å². The van der Waals surface area contributed by atoms with Gasteiger partial charge in [-0.3, -0.25) is 14.2 Å². The predicted octanol–water partition coefficient (Wildman–Crippen LogP) is 2.36. The van der Waals surface area contributed by atoms with Crippen LogP contribution < -0.4 is 5.32 Å². The van der Waals surface area contributed by atoms with Crippen LogP contribution in [-0.4, -0.2) is 25.5 Å². The summed E-state index contributed by atoms with van der Waals surface area (Å²) in [6, 6.07) is 9.43. The van der Waals surface area contributed by atoms with Crippen LogP contribution in [0.1, 0.15) is 21.6 Å². The highest BCUT2D eigenvalue weighted by molar-refractivity contribution is 9.10. The molecule has 1 N–H and O–H groups in total. The molecule has 2 heterocycles. The van der Waals surface area contributed by atoms with Gasteiger partial charge >= 0.3 is 0 Å². The second-order valence-corrected chi connectivity index (χ2v) is 6.00. The molecule has 3 aromatic rings. The number of halogens is 1. The Morgan fingerprint density at radius 1 is 1.30 bits per heavy atom. The molecule has 23 heavy (non-hydrogen) atoms. The summed E-state index contributed by atoms with van der Waals surface area (Å²) in [6.45, 7) is 1.06. The summed E-state index contributed by atoms with van der Waals surface area (Å²) in [7, 11) is 1.84. The lowest BCUT2D eigenvalue weighted by Gasteiger charge is -2.08. The van der Waals surface area contributed by atoms with E-state index in [2.05, 4.69) is 31.4 Å². The SMILES string of the molecule is Cn1ncc(Br)c1CNC(=O)c1cccc(Cn2cccn2)c1. The van der Waals surface area contributed by atoms with Crippen LogP contribution >= 0.6 is 15.9 Å². The third kappa shape index (κ3) is 3.68. The van der Waals surface area contributed by atoms with Gasteiger partial charge in [0.1, 0.15) is 0 Å². The zero-order chi connectivity index (χ0) is 16.2. The fraction of sp³-hybridized carbons (Fsp3) is 0.188. The van der Waals surface area contributed by atoms with Gasteiger partial charge in [0.05, 0.1) is 29.5 Å². The molecule has 0 spiro atoms. The van der Waals surface area contributed by atoms with Gasteiger partial charge in [-0.25, -0.2) is 0 Å². The Morgan fingerprint density at radius 2 is 2.17 bits per heavy atom. The number of hydrogen-bond donors (Lipinski definition) is 1. The van der Waals surface area contributed by atoms with E-state index in [1.54, 1.807) is 23.1 Å². The lowest BCUT2D eigenvalue weighted by molar-refractivity contribution is 0.0950. The average Bonchev–Trinajstić information content (AvgIpc) is 3.16. The smallest absolute Gasteiger partial charge is 0.251 e. The van der Waals surface area contributed by atoms with Crippen molar-refractivity contribution in [1.29, 1.82) is 0 Å². The number of carbonyl (C=O) groups is 1. The van der Waals surface area contributed by atoms with Crippen LogP contribution in [0.5, 0.6) is 0 Å². The van der Waals surface area contributed by atoms with E-state index < -0.39 is 0 Å². The maximum atomic E-state index is 12.3. The predicted molar refractivity (Wildman–Crippen MR) is 89.8 cm³/mol. The van der Waals surface area contributed by atoms with Crippen molar-refractivity contribution in [3.05, 3.63) is 70.2 Å². The molecule has 1 aromatic carbocycles. The number of nitrogens with zero attached hydrogens (tertiary/aromatic N) is 4. The molecular formula is C16H16BrN5O. The first-order valence-corrected chi connectivity index (χ1v) is 7.94. The molecule has 0 saturated carbocycles. The molecule has 0 atom stereocenters. The first-order chi connectivity index (χ1) is 11.1. The van der Waals surface area contributed by atoms with Gasteiger partial charge in [0.2, 0.25) is 0 Å². The monoisotopic (exact) mass is 373 g/mol. The van der Waals surface area contributed by atoms with Crippen LogP contribution in [0.15, 0.2) is 53.4 Å².